The zero-order chi connectivity index (χ0) is 6.78. The summed E-state index contributed by atoms with van der Waals surface area (Å²) in [4.78, 5) is 8.41. The van der Waals surface area contributed by atoms with Gasteiger partial charge in [-0.1, -0.05) is 0 Å². The second-order valence-corrected chi connectivity index (χ2v) is 3.28. The Bertz CT molecular complexity index is 104. The maximum atomic E-state index is 10.2. The second kappa shape index (κ2) is 2.62. The standard InChI is InChI=1S/C4H10O3P/c1-4(2)7-8(3,5)6/h4H,3H2,1-2H3,(H,5,6). The zero-order valence-corrected chi connectivity index (χ0v) is 5.89. The highest BCUT2D eigenvalue weighted by Gasteiger charge is 2.11. The second-order valence-electron chi connectivity index (χ2n) is 1.79. The Labute approximate surface area is 49.2 Å². The van der Waals surface area contributed by atoms with E-state index in [1.54, 1.807) is 13.8 Å². The smallest absolute Gasteiger partial charge is 0.324 e. The molecule has 0 bridgehead atoms. The van der Waals surface area contributed by atoms with Gasteiger partial charge in [-0.2, -0.15) is 0 Å². The van der Waals surface area contributed by atoms with Crippen molar-refractivity contribution in [2.45, 2.75) is 20.0 Å². The van der Waals surface area contributed by atoms with E-state index in [-0.39, 0.29) is 6.10 Å². The molecule has 0 fully saturated rings. The summed E-state index contributed by atoms with van der Waals surface area (Å²) in [6, 6.07) is 0. The van der Waals surface area contributed by atoms with Crippen LogP contribution in [0.25, 0.3) is 0 Å². The van der Waals surface area contributed by atoms with Crippen LogP contribution in [0, 0.1) is 6.66 Å². The van der Waals surface area contributed by atoms with E-state index in [2.05, 4.69) is 11.2 Å². The molecule has 0 aliphatic rings. The van der Waals surface area contributed by atoms with Gasteiger partial charge in [-0.25, -0.2) is 0 Å². The van der Waals surface area contributed by atoms with Crippen molar-refractivity contribution >= 4 is 7.60 Å². The van der Waals surface area contributed by atoms with Gasteiger partial charge in [0.25, 0.3) is 0 Å². The molecule has 1 atom stereocenters. The van der Waals surface area contributed by atoms with Crippen molar-refractivity contribution in [1.29, 1.82) is 0 Å². The van der Waals surface area contributed by atoms with Crippen LogP contribution >= 0.6 is 7.60 Å². The molecule has 0 spiro atoms. The Balaban J connectivity index is 3.56. The highest BCUT2D eigenvalue weighted by atomic mass is 31.2. The first-order valence-electron chi connectivity index (χ1n) is 2.27. The molecule has 0 aromatic heterocycles. The van der Waals surface area contributed by atoms with Crippen LogP contribution in [0.3, 0.4) is 0 Å². The average Bonchev–Trinajstić information content (AvgIpc) is 1.21. The van der Waals surface area contributed by atoms with Gasteiger partial charge < -0.3 is 9.42 Å². The minimum atomic E-state index is -3.47. The van der Waals surface area contributed by atoms with Gasteiger partial charge in [0.15, 0.2) is 0 Å². The molecule has 3 nitrogen and oxygen atoms in total. The average molecular weight is 137 g/mol. The first-order chi connectivity index (χ1) is 3.42. The Kier molecular flexibility index (Phi) is 2.67. The van der Waals surface area contributed by atoms with Crippen molar-refractivity contribution < 1.29 is 14.0 Å². The van der Waals surface area contributed by atoms with Crippen molar-refractivity contribution in [2.24, 2.45) is 0 Å². The van der Waals surface area contributed by atoms with Crippen LogP contribution in [0.15, 0.2) is 0 Å². The summed E-state index contributed by atoms with van der Waals surface area (Å²) in [6.45, 7) is 6.25. The lowest BCUT2D eigenvalue weighted by Crippen LogP contribution is -1.97. The Morgan fingerprint density at radius 3 is 2.12 bits per heavy atom. The Hall–Kier alpha value is 0.150. The van der Waals surface area contributed by atoms with Gasteiger partial charge in [-0.15, -0.1) is 0 Å². The first kappa shape index (κ1) is 8.15. The SMILES string of the molecule is [CH2]P(=O)(O)OC(C)C. The van der Waals surface area contributed by atoms with Gasteiger partial charge >= 0.3 is 7.60 Å². The zero-order valence-electron chi connectivity index (χ0n) is 5.00. The number of hydrogen-bond donors (Lipinski definition) is 1. The fourth-order valence-electron chi connectivity index (χ4n) is 0.329. The van der Waals surface area contributed by atoms with Crippen LogP contribution in [0.4, 0.5) is 0 Å². The fourth-order valence-corrected chi connectivity index (χ4v) is 0.988. The molecule has 1 N–H and O–H groups in total. The summed E-state index contributed by atoms with van der Waals surface area (Å²) in [5, 5.41) is 0. The van der Waals surface area contributed by atoms with Crippen molar-refractivity contribution in [3.8, 4) is 0 Å². The minimum absolute atomic E-state index is 0.233. The van der Waals surface area contributed by atoms with Gasteiger partial charge in [0, 0.05) is 0 Å². The van der Waals surface area contributed by atoms with E-state index in [0.717, 1.165) is 0 Å². The van der Waals surface area contributed by atoms with Crippen LogP contribution in [0.1, 0.15) is 13.8 Å². The van der Waals surface area contributed by atoms with Crippen molar-refractivity contribution in [1.82, 2.24) is 0 Å². The molecule has 0 aromatic carbocycles. The van der Waals surface area contributed by atoms with Crippen molar-refractivity contribution in [3.63, 3.8) is 0 Å². The van der Waals surface area contributed by atoms with Crippen LogP contribution < -0.4 is 0 Å². The van der Waals surface area contributed by atoms with Crippen LogP contribution in [-0.4, -0.2) is 11.0 Å². The molecule has 8 heavy (non-hydrogen) atoms. The maximum absolute atomic E-state index is 10.2. The molecule has 1 radical (unpaired) electrons. The molecule has 0 aliphatic heterocycles. The molecule has 49 valence electrons. The van der Waals surface area contributed by atoms with E-state index in [1.807, 2.05) is 0 Å². The predicted octanol–water partition coefficient (Wildman–Crippen LogP) is 1.39. The summed E-state index contributed by atoms with van der Waals surface area (Å²) >= 11 is 0. The molecular weight excluding hydrogens is 127 g/mol. The lowest BCUT2D eigenvalue weighted by molar-refractivity contribution is 0.211. The normalized spacial score (nSPS) is 18.6. The summed E-state index contributed by atoms with van der Waals surface area (Å²) in [6.07, 6.45) is -0.233. The number of rotatable bonds is 2. The summed E-state index contributed by atoms with van der Waals surface area (Å²) < 4.78 is 14.7. The highest BCUT2D eigenvalue weighted by molar-refractivity contribution is 7.54. The van der Waals surface area contributed by atoms with E-state index in [9.17, 15) is 4.57 Å². The van der Waals surface area contributed by atoms with E-state index in [4.69, 9.17) is 4.89 Å². The third kappa shape index (κ3) is 6.15. The largest absolute Gasteiger partial charge is 0.329 e. The van der Waals surface area contributed by atoms with Gasteiger partial charge in [-0.3, -0.25) is 4.57 Å². The summed E-state index contributed by atoms with van der Waals surface area (Å²) in [7, 11) is -3.47. The molecule has 0 saturated carbocycles. The fraction of sp³-hybridized carbons (Fsp3) is 0.750. The topological polar surface area (TPSA) is 46.5 Å². The maximum Gasteiger partial charge on any atom is 0.329 e. The van der Waals surface area contributed by atoms with E-state index < -0.39 is 7.60 Å². The number of hydrogen-bond acceptors (Lipinski definition) is 2. The Morgan fingerprint density at radius 1 is 1.75 bits per heavy atom. The van der Waals surface area contributed by atoms with Crippen LogP contribution in [-0.2, 0) is 9.09 Å². The molecule has 0 saturated heterocycles. The molecule has 0 heterocycles. The summed E-state index contributed by atoms with van der Waals surface area (Å²) in [5.41, 5.74) is 0. The molecule has 4 heteroatoms. The lowest BCUT2D eigenvalue weighted by Gasteiger charge is -2.08. The van der Waals surface area contributed by atoms with E-state index in [1.165, 1.54) is 0 Å². The van der Waals surface area contributed by atoms with Crippen LogP contribution in [0.2, 0.25) is 0 Å². The molecular formula is C4H10O3P. The van der Waals surface area contributed by atoms with Gasteiger partial charge in [-0.05, 0) is 13.8 Å². The third-order valence-electron chi connectivity index (χ3n) is 0.376. The predicted molar refractivity (Wildman–Crippen MR) is 31.4 cm³/mol. The highest BCUT2D eigenvalue weighted by Crippen LogP contribution is 2.40. The quantitative estimate of drug-likeness (QED) is 0.585. The molecule has 1 unspecified atom stereocenters. The van der Waals surface area contributed by atoms with Crippen molar-refractivity contribution in [3.05, 3.63) is 6.66 Å². The van der Waals surface area contributed by atoms with Gasteiger partial charge in [0.05, 0.1) is 12.8 Å². The molecule has 0 aliphatic carbocycles. The lowest BCUT2D eigenvalue weighted by atomic mass is 10.5. The Morgan fingerprint density at radius 2 is 2.12 bits per heavy atom. The minimum Gasteiger partial charge on any atom is -0.324 e. The van der Waals surface area contributed by atoms with Crippen molar-refractivity contribution in [2.75, 3.05) is 0 Å². The molecule has 0 amide bonds. The van der Waals surface area contributed by atoms with E-state index in [0.29, 0.717) is 0 Å². The monoisotopic (exact) mass is 137 g/mol. The third-order valence-corrected chi connectivity index (χ3v) is 1.13. The molecule has 0 rings (SSSR count). The first-order valence-corrected chi connectivity index (χ1v) is 4.03. The van der Waals surface area contributed by atoms with Crippen LogP contribution in [0.5, 0.6) is 0 Å². The molecule has 0 aromatic rings. The van der Waals surface area contributed by atoms with Gasteiger partial charge in [0.1, 0.15) is 0 Å². The van der Waals surface area contributed by atoms with Gasteiger partial charge in [0.2, 0.25) is 0 Å². The van der Waals surface area contributed by atoms with E-state index >= 15 is 0 Å². The summed E-state index contributed by atoms with van der Waals surface area (Å²) in [5.74, 6) is 0.